The highest BCUT2D eigenvalue weighted by molar-refractivity contribution is 7.85. The summed E-state index contributed by atoms with van der Waals surface area (Å²) >= 11 is 0. The van der Waals surface area contributed by atoms with E-state index in [0.29, 0.717) is 19.4 Å². The zero-order valence-corrected chi connectivity index (χ0v) is 17.5. The first kappa shape index (κ1) is 24.5. The summed E-state index contributed by atoms with van der Waals surface area (Å²) in [6.07, 6.45) is 1.49. The maximum atomic E-state index is 13.1. The molecule has 0 aliphatic carbocycles. The molecule has 0 unspecified atom stereocenters. The minimum absolute atomic E-state index is 0.266. The highest BCUT2D eigenvalue weighted by atomic mass is 32.2. The molecular weight excluding hydrogens is 399 g/mol. The number of hydrogen-bond acceptors (Lipinski definition) is 5. The number of carbonyl (C=O) groups is 1. The predicted molar refractivity (Wildman–Crippen MR) is 110 cm³/mol. The monoisotopic (exact) mass is 426 g/mol. The quantitative estimate of drug-likeness (QED) is 0.558. The molecule has 2 aromatic carbocycles. The maximum Gasteiger partial charge on any atom is 0.261 e. The minimum atomic E-state index is -3.67. The number of amides is 1. The molecule has 9 heteroatoms. The van der Waals surface area contributed by atoms with Gasteiger partial charge < -0.3 is 15.8 Å². The zero-order chi connectivity index (χ0) is 22.1. The number of benzene rings is 2. The van der Waals surface area contributed by atoms with E-state index < -0.39 is 15.7 Å². The van der Waals surface area contributed by atoms with E-state index in [0.717, 1.165) is 23.3 Å². The summed E-state index contributed by atoms with van der Waals surface area (Å²) in [5.41, 5.74) is 6.52. The summed E-state index contributed by atoms with van der Waals surface area (Å²) in [5, 5.41) is 3.13. The molecular formula is C20H27FN2O5S. The lowest BCUT2D eigenvalue weighted by Gasteiger charge is -2.22. The van der Waals surface area contributed by atoms with Crippen molar-refractivity contribution in [3.8, 4) is 5.75 Å². The van der Waals surface area contributed by atoms with Crippen LogP contribution in [0.25, 0.3) is 0 Å². The molecule has 0 aliphatic heterocycles. The van der Waals surface area contributed by atoms with Gasteiger partial charge >= 0.3 is 0 Å². The molecule has 1 amide bonds. The van der Waals surface area contributed by atoms with Crippen molar-refractivity contribution in [2.45, 2.75) is 32.4 Å². The number of primary amides is 1. The maximum absolute atomic E-state index is 13.1. The predicted octanol–water partition coefficient (Wildman–Crippen LogP) is 2.30. The van der Waals surface area contributed by atoms with Gasteiger partial charge in [-0.25, -0.2) is 4.39 Å². The van der Waals surface area contributed by atoms with Crippen LogP contribution in [0.15, 0.2) is 48.5 Å². The first-order chi connectivity index (χ1) is 13.4. The fourth-order valence-corrected chi connectivity index (χ4v) is 2.15. The van der Waals surface area contributed by atoms with E-state index in [2.05, 4.69) is 5.32 Å². The lowest BCUT2D eigenvalue weighted by atomic mass is 10.0. The van der Waals surface area contributed by atoms with E-state index in [1.54, 1.807) is 19.9 Å². The van der Waals surface area contributed by atoms with Crippen LogP contribution in [0.3, 0.4) is 0 Å². The fraction of sp³-hybridized carbons (Fsp3) is 0.350. The Morgan fingerprint density at radius 3 is 2.28 bits per heavy atom. The summed E-state index contributed by atoms with van der Waals surface area (Å²) in [5.74, 6) is 0.0925. The smallest absolute Gasteiger partial charge is 0.261 e. The molecule has 0 saturated heterocycles. The van der Waals surface area contributed by atoms with E-state index in [9.17, 15) is 17.6 Å². The second-order valence-corrected chi connectivity index (χ2v) is 8.43. The molecule has 160 valence electrons. The van der Waals surface area contributed by atoms with Gasteiger partial charge in [-0.15, -0.1) is 0 Å². The van der Waals surface area contributed by atoms with E-state index in [-0.39, 0.29) is 11.7 Å². The van der Waals surface area contributed by atoms with Crippen molar-refractivity contribution in [2.75, 3.05) is 12.8 Å². The summed E-state index contributed by atoms with van der Waals surface area (Å²) in [4.78, 5) is 11.2. The van der Waals surface area contributed by atoms with Crippen LogP contribution in [0.1, 0.15) is 25.0 Å². The third kappa shape index (κ3) is 11.2. The van der Waals surface area contributed by atoms with Crippen LogP contribution in [0.4, 0.5) is 4.39 Å². The van der Waals surface area contributed by atoms with Crippen molar-refractivity contribution < 1.29 is 26.9 Å². The molecule has 0 radical (unpaired) electrons. The molecule has 2 rings (SSSR count). The van der Waals surface area contributed by atoms with Gasteiger partial charge in [0.15, 0.2) is 0 Å². The van der Waals surface area contributed by atoms with Crippen LogP contribution in [-0.2, 0) is 27.9 Å². The molecule has 0 heterocycles. The molecule has 0 fully saturated rings. The second-order valence-electron chi connectivity index (χ2n) is 6.96. The van der Waals surface area contributed by atoms with Crippen LogP contribution in [0.2, 0.25) is 0 Å². The van der Waals surface area contributed by atoms with Gasteiger partial charge in [0.2, 0.25) is 5.91 Å². The number of rotatable bonds is 8. The van der Waals surface area contributed by atoms with Crippen LogP contribution in [0, 0.1) is 5.82 Å². The first-order valence-electron chi connectivity index (χ1n) is 8.80. The molecule has 4 N–H and O–H groups in total. The minimum Gasteiger partial charge on any atom is -0.489 e. The Hall–Kier alpha value is -2.49. The van der Waals surface area contributed by atoms with Gasteiger partial charge in [0.1, 0.15) is 18.2 Å². The first-order valence-corrected chi connectivity index (χ1v) is 10.7. The molecule has 0 aliphatic rings. The third-order valence-corrected chi connectivity index (χ3v) is 3.81. The van der Waals surface area contributed by atoms with Crippen LogP contribution in [-0.4, -0.2) is 37.2 Å². The van der Waals surface area contributed by atoms with Crippen LogP contribution in [0.5, 0.6) is 5.75 Å². The SMILES string of the molecule is CC(C)(NCCc1ccc(OCc2cccc(F)c2)cc1)C(N)=O.CS(=O)(=O)O. The summed E-state index contributed by atoms with van der Waals surface area (Å²) in [6.45, 7) is 4.50. The number of ether oxygens (including phenoxy) is 1. The largest absolute Gasteiger partial charge is 0.489 e. The van der Waals surface area contributed by atoms with Gasteiger partial charge in [0, 0.05) is 6.54 Å². The van der Waals surface area contributed by atoms with Crippen molar-refractivity contribution in [1.82, 2.24) is 5.32 Å². The molecule has 0 saturated carbocycles. The molecule has 0 aromatic heterocycles. The van der Waals surface area contributed by atoms with Crippen molar-refractivity contribution in [3.63, 3.8) is 0 Å². The standard InChI is InChI=1S/C19H23FN2O2.CH4O3S/c1-19(2,18(21)23)22-11-10-14-6-8-17(9-7-14)24-13-15-4-3-5-16(20)12-15;1-5(2,3)4/h3-9,12,22H,10-11,13H2,1-2H3,(H2,21,23);1H3,(H,2,3,4). The topological polar surface area (TPSA) is 119 Å². The average molecular weight is 427 g/mol. The van der Waals surface area contributed by atoms with Crippen LogP contribution >= 0.6 is 0 Å². The Morgan fingerprint density at radius 1 is 1.17 bits per heavy atom. The lowest BCUT2D eigenvalue weighted by Crippen LogP contribution is -2.51. The molecule has 0 spiro atoms. The molecule has 0 bridgehead atoms. The van der Waals surface area contributed by atoms with Gasteiger partial charge in [-0.3, -0.25) is 9.35 Å². The van der Waals surface area contributed by atoms with E-state index >= 15 is 0 Å². The van der Waals surface area contributed by atoms with Gasteiger partial charge in [0.25, 0.3) is 10.1 Å². The molecule has 2 aromatic rings. The van der Waals surface area contributed by atoms with Gasteiger partial charge in [0.05, 0.1) is 11.8 Å². The number of carbonyl (C=O) groups excluding carboxylic acids is 1. The fourth-order valence-electron chi connectivity index (χ4n) is 2.15. The van der Waals surface area contributed by atoms with E-state index in [4.69, 9.17) is 15.0 Å². The van der Waals surface area contributed by atoms with Crippen molar-refractivity contribution in [1.29, 1.82) is 0 Å². The van der Waals surface area contributed by atoms with Crippen LogP contribution < -0.4 is 15.8 Å². The Morgan fingerprint density at radius 2 is 1.76 bits per heavy atom. The Labute approximate surface area is 170 Å². The van der Waals surface area contributed by atoms with Gasteiger partial charge in [-0.05, 0) is 55.7 Å². The Balaban J connectivity index is 0.000000749. The average Bonchev–Trinajstić information content (AvgIpc) is 2.59. The third-order valence-electron chi connectivity index (χ3n) is 3.81. The van der Waals surface area contributed by atoms with Gasteiger partial charge in [-0.1, -0.05) is 24.3 Å². The normalized spacial score (nSPS) is 11.3. The summed E-state index contributed by atoms with van der Waals surface area (Å²) < 4.78 is 44.6. The number of nitrogens with one attached hydrogen (secondary N) is 1. The summed E-state index contributed by atoms with van der Waals surface area (Å²) in [7, 11) is -3.67. The van der Waals surface area contributed by atoms with Gasteiger partial charge in [-0.2, -0.15) is 8.42 Å². The molecule has 0 atom stereocenters. The van der Waals surface area contributed by atoms with Crippen molar-refractivity contribution in [3.05, 3.63) is 65.5 Å². The number of hydrogen-bond donors (Lipinski definition) is 3. The Kier molecular flexibility index (Phi) is 9.22. The van der Waals surface area contributed by atoms with Crippen molar-refractivity contribution >= 4 is 16.0 Å². The van der Waals surface area contributed by atoms with Crippen molar-refractivity contribution in [2.24, 2.45) is 5.73 Å². The number of halogens is 1. The second kappa shape index (κ2) is 10.9. The molecule has 29 heavy (non-hydrogen) atoms. The summed E-state index contributed by atoms with van der Waals surface area (Å²) in [6, 6.07) is 14.1. The lowest BCUT2D eigenvalue weighted by molar-refractivity contribution is -0.123. The Bertz CT molecular complexity index is 891. The number of nitrogens with two attached hydrogens (primary N) is 1. The highest BCUT2D eigenvalue weighted by Gasteiger charge is 2.23. The van der Waals surface area contributed by atoms with E-state index in [1.807, 2.05) is 30.3 Å². The molecule has 7 nitrogen and oxygen atoms in total. The zero-order valence-electron chi connectivity index (χ0n) is 16.7. The highest BCUT2D eigenvalue weighted by Crippen LogP contribution is 2.15. The van der Waals surface area contributed by atoms with E-state index in [1.165, 1.54) is 12.1 Å².